The lowest BCUT2D eigenvalue weighted by Gasteiger charge is -2.19. The van der Waals surface area contributed by atoms with Gasteiger partial charge in [-0.1, -0.05) is 30.3 Å². The first-order valence-electron chi connectivity index (χ1n) is 7.09. The molecule has 0 amide bonds. The summed E-state index contributed by atoms with van der Waals surface area (Å²) in [5.41, 5.74) is -3.16. The van der Waals surface area contributed by atoms with E-state index < -0.39 is 29.0 Å². The van der Waals surface area contributed by atoms with Gasteiger partial charge in [0.1, 0.15) is 5.76 Å². The summed E-state index contributed by atoms with van der Waals surface area (Å²) in [6.07, 6.45) is -8.39. The molecule has 0 aliphatic rings. The monoisotopic (exact) mass is 356 g/mol. The second kappa shape index (κ2) is 5.98. The van der Waals surface area contributed by atoms with Crippen molar-refractivity contribution in [1.82, 2.24) is 0 Å². The van der Waals surface area contributed by atoms with Crippen LogP contribution < -0.4 is 0 Å². The highest BCUT2D eigenvalue weighted by molar-refractivity contribution is 5.74. The van der Waals surface area contributed by atoms with Crippen LogP contribution in [-0.4, -0.2) is 0 Å². The van der Waals surface area contributed by atoms with E-state index >= 15 is 0 Å². The Bertz CT molecular complexity index is 826. The molecule has 0 saturated heterocycles. The maximum absolute atomic E-state index is 13.2. The second-order valence-corrected chi connectivity index (χ2v) is 5.28. The summed E-state index contributed by atoms with van der Waals surface area (Å²) in [5, 5.41) is 0. The fourth-order valence-corrected chi connectivity index (χ4v) is 2.58. The van der Waals surface area contributed by atoms with Gasteiger partial charge in [0, 0.05) is 11.1 Å². The topological polar surface area (TPSA) is 13.1 Å². The van der Waals surface area contributed by atoms with Crippen LogP contribution in [0.4, 0.5) is 26.3 Å². The largest absolute Gasteiger partial charge is 0.464 e. The van der Waals surface area contributed by atoms with Gasteiger partial charge in [0.25, 0.3) is 0 Å². The Labute approximate surface area is 138 Å². The van der Waals surface area contributed by atoms with Crippen LogP contribution in [0.5, 0.6) is 0 Å². The molecule has 3 rings (SSSR count). The van der Waals surface area contributed by atoms with Crippen molar-refractivity contribution in [2.75, 3.05) is 0 Å². The van der Waals surface area contributed by atoms with Crippen molar-refractivity contribution in [3.8, 4) is 22.5 Å². The van der Waals surface area contributed by atoms with E-state index in [4.69, 9.17) is 4.42 Å². The summed E-state index contributed by atoms with van der Waals surface area (Å²) in [4.78, 5) is 0. The van der Waals surface area contributed by atoms with Crippen LogP contribution in [0.25, 0.3) is 22.5 Å². The van der Waals surface area contributed by atoms with Crippen LogP contribution in [0.3, 0.4) is 0 Å². The molecule has 0 fully saturated rings. The summed E-state index contributed by atoms with van der Waals surface area (Å²) in [6.45, 7) is 0. The Kier molecular flexibility index (Phi) is 4.10. The van der Waals surface area contributed by atoms with Crippen LogP contribution >= 0.6 is 0 Å². The zero-order chi connectivity index (χ0) is 18.2. The standard InChI is InChI=1S/C18H10F6O/c19-17(20,21)13-3-1-4-14(18(22,23)24)16(13)12-8-6-11(7-9-12)15-5-2-10-25-15/h1-10H. The highest BCUT2D eigenvalue weighted by Crippen LogP contribution is 2.44. The van der Waals surface area contributed by atoms with Gasteiger partial charge in [-0.15, -0.1) is 0 Å². The van der Waals surface area contributed by atoms with Gasteiger partial charge < -0.3 is 4.42 Å². The molecule has 1 nitrogen and oxygen atoms in total. The lowest BCUT2D eigenvalue weighted by Crippen LogP contribution is -2.14. The van der Waals surface area contributed by atoms with Gasteiger partial charge in [-0.3, -0.25) is 0 Å². The van der Waals surface area contributed by atoms with E-state index in [0.29, 0.717) is 23.5 Å². The summed E-state index contributed by atoms with van der Waals surface area (Å²) < 4.78 is 84.5. The van der Waals surface area contributed by atoms with Crippen LogP contribution in [0.2, 0.25) is 0 Å². The normalized spacial score (nSPS) is 12.4. The third kappa shape index (κ3) is 3.40. The van der Waals surface area contributed by atoms with Crippen LogP contribution in [-0.2, 0) is 12.4 Å². The molecule has 0 atom stereocenters. The Hall–Kier alpha value is -2.70. The number of alkyl halides is 6. The smallest absolute Gasteiger partial charge is 0.417 e. The predicted octanol–water partition coefficient (Wildman–Crippen LogP) is 6.65. The minimum Gasteiger partial charge on any atom is -0.464 e. The van der Waals surface area contributed by atoms with Crippen molar-refractivity contribution in [3.05, 3.63) is 72.0 Å². The van der Waals surface area contributed by atoms with E-state index in [0.717, 1.165) is 6.07 Å². The summed E-state index contributed by atoms with van der Waals surface area (Å²) in [5.74, 6) is 0.465. The fraction of sp³-hybridized carbons (Fsp3) is 0.111. The predicted molar refractivity (Wildman–Crippen MR) is 79.6 cm³/mol. The molecule has 0 N–H and O–H groups in total. The lowest BCUT2D eigenvalue weighted by atomic mass is 9.93. The van der Waals surface area contributed by atoms with Crippen molar-refractivity contribution < 1.29 is 30.8 Å². The highest BCUT2D eigenvalue weighted by Gasteiger charge is 2.40. The minimum absolute atomic E-state index is 0.171. The van der Waals surface area contributed by atoms with Gasteiger partial charge in [-0.2, -0.15) is 26.3 Å². The molecular weight excluding hydrogens is 346 g/mol. The molecule has 0 aliphatic carbocycles. The number of rotatable bonds is 2. The first-order valence-corrected chi connectivity index (χ1v) is 7.09. The van der Waals surface area contributed by atoms with Crippen molar-refractivity contribution in [1.29, 1.82) is 0 Å². The van der Waals surface area contributed by atoms with Gasteiger partial charge >= 0.3 is 12.4 Å². The van der Waals surface area contributed by atoms with Gasteiger partial charge in [0.2, 0.25) is 0 Å². The molecular formula is C18H10F6O. The van der Waals surface area contributed by atoms with Gasteiger partial charge in [-0.25, -0.2) is 0 Å². The number of hydrogen-bond acceptors (Lipinski definition) is 1. The Morgan fingerprint density at radius 3 is 1.56 bits per heavy atom. The molecule has 1 heterocycles. The maximum Gasteiger partial charge on any atom is 0.417 e. The molecule has 3 aromatic rings. The van der Waals surface area contributed by atoms with Crippen LogP contribution in [0, 0.1) is 0 Å². The molecule has 1 aromatic heterocycles. The average Bonchev–Trinajstić information content (AvgIpc) is 3.07. The highest BCUT2D eigenvalue weighted by atomic mass is 19.4. The fourth-order valence-electron chi connectivity index (χ4n) is 2.58. The maximum atomic E-state index is 13.2. The molecule has 0 aliphatic heterocycles. The van der Waals surface area contributed by atoms with E-state index in [1.165, 1.54) is 30.5 Å². The summed E-state index contributed by atoms with van der Waals surface area (Å²) in [7, 11) is 0. The molecule has 0 saturated carbocycles. The molecule has 130 valence electrons. The average molecular weight is 356 g/mol. The quantitative estimate of drug-likeness (QED) is 0.469. The number of halogens is 6. The number of furan rings is 1. The Morgan fingerprint density at radius 2 is 1.12 bits per heavy atom. The van der Waals surface area contributed by atoms with Crippen molar-refractivity contribution in [2.24, 2.45) is 0 Å². The molecule has 2 aromatic carbocycles. The first-order chi connectivity index (χ1) is 11.7. The van der Waals surface area contributed by atoms with E-state index in [1.807, 2.05) is 0 Å². The number of benzene rings is 2. The molecule has 0 radical (unpaired) electrons. The molecule has 0 bridgehead atoms. The van der Waals surface area contributed by atoms with Crippen LogP contribution in [0.1, 0.15) is 11.1 Å². The molecule has 0 spiro atoms. The van der Waals surface area contributed by atoms with E-state index in [9.17, 15) is 26.3 Å². The second-order valence-electron chi connectivity index (χ2n) is 5.28. The van der Waals surface area contributed by atoms with E-state index in [2.05, 4.69) is 0 Å². The SMILES string of the molecule is FC(F)(F)c1cccc(C(F)(F)F)c1-c1ccc(-c2ccco2)cc1. The third-order valence-corrected chi connectivity index (χ3v) is 3.65. The Morgan fingerprint density at radius 1 is 0.600 bits per heavy atom. The van der Waals surface area contributed by atoms with E-state index in [-0.39, 0.29) is 5.56 Å². The molecule has 0 unspecified atom stereocenters. The van der Waals surface area contributed by atoms with E-state index in [1.54, 1.807) is 12.1 Å². The zero-order valence-electron chi connectivity index (χ0n) is 12.4. The van der Waals surface area contributed by atoms with Gasteiger partial charge in [0.15, 0.2) is 0 Å². The lowest BCUT2D eigenvalue weighted by molar-refractivity contribution is -0.142. The van der Waals surface area contributed by atoms with Crippen LogP contribution in [0.15, 0.2) is 65.3 Å². The number of hydrogen-bond donors (Lipinski definition) is 0. The third-order valence-electron chi connectivity index (χ3n) is 3.65. The van der Waals surface area contributed by atoms with Gasteiger partial charge in [0.05, 0.1) is 17.4 Å². The first kappa shape index (κ1) is 17.1. The Balaban J connectivity index is 2.18. The molecule has 7 heteroatoms. The van der Waals surface area contributed by atoms with Gasteiger partial charge in [-0.05, 0) is 29.8 Å². The molecule has 25 heavy (non-hydrogen) atoms. The van der Waals surface area contributed by atoms with Crippen molar-refractivity contribution >= 4 is 0 Å². The van der Waals surface area contributed by atoms with Crippen molar-refractivity contribution in [2.45, 2.75) is 12.4 Å². The van der Waals surface area contributed by atoms with Crippen molar-refractivity contribution in [3.63, 3.8) is 0 Å². The summed E-state index contributed by atoms with van der Waals surface area (Å²) in [6, 6.07) is 10.6. The summed E-state index contributed by atoms with van der Waals surface area (Å²) >= 11 is 0. The zero-order valence-corrected chi connectivity index (χ0v) is 12.4. The minimum atomic E-state index is -4.91.